The quantitative estimate of drug-likeness (QED) is 0.591. The van der Waals surface area contributed by atoms with Crippen LogP contribution in [0.15, 0.2) is 24.3 Å². The second-order valence-electron chi connectivity index (χ2n) is 11.4. The van der Waals surface area contributed by atoms with Gasteiger partial charge in [-0.2, -0.15) is 0 Å². The summed E-state index contributed by atoms with van der Waals surface area (Å²) in [6.07, 6.45) is 6.60. The smallest absolute Gasteiger partial charge is 0.251 e. The van der Waals surface area contributed by atoms with Crippen LogP contribution >= 0.6 is 0 Å². The van der Waals surface area contributed by atoms with Gasteiger partial charge in [0.2, 0.25) is 0 Å². The first kappa shape index (κ1) is 25.2. The fraction of sp³-hybridized carbons (Fsp3) is 0.750. The maximum atomic E-state index is 12.8. The molecule has 1 aliphatic heterocycles. The highest BCUT2D eigenvalue weighted by Crippen LogP contribution is 2.48. The van der Waals surface area contributed by atoms with Crippen molar-refractivity contribution in [2.24, 2.45) is 5.41 Å². The van der Waals surface area contributed by atoms with E-state index in [0.717, 1.165) is 19.4 Å². The molecule has 1 aromatic rings. The summed E-state index contributed by atoms with van der Waals surface area (Å²) in [7, 11) is 0. The summed E-state index contributed by atoms with van der Waals surface area (Å²) >= 11 is 0. The summed E-state index contributed by atoms with van der Waals surface area (Å²) in [5.74, 6) is 0.271. The number of fused-ring (bicyclic) bond motifs is 2. The highest BCUT2D eigenvalue weighted by molar-refractivity contribution is 5.80. The van der Waals surface area contributed by atoms with Crippen molar-refractivity contribution in [3.63, 3.8) is 0 Å². The molecule has 2 atom stereocenters. The van der Waals surface area contributed by atoms with E-state index >= 15 is 0 Å². The number of hydrogen-bond donors (Lipinski definition) is 1. The van der Waals surface area contributed by atoms with Gasteiger partial charge in [-0.15, -0.1) is 0 Å². The van der Waals surface area contributed by atoms with Crippen molar-refractivity contribution < 1.29 is 9.90 Å². The Morgan fingerprint density at radius 3 is 2.50 bits per heavy atom. The average molecular weight is 443 g/mol. The number of nitrogens with zero attached hydrogens (tertiary/aromatic N) is 2. The number of carbonyl (C=O) groups is 1. The van der Waals surface area contributed by atoms with Gasteiger partial charge in [0.15, 0.2) is 0 Å². The van der Waals surface area contributed by atoms with E-state index in [9.17, 15) is 9.90 Å². The number of amides is 1. The summed E-state index contributed by atoms with van der Waals surface area (Å²) in [6, 6.07) is 9.01. The lowest BCUT2D eigenvalue weighted by molar-refractivity contribution is -0.140. The van der Waals surface area contributed by atoms with Crippen molar-refractivity contribution in [1.29, 1.82) is 0 Å². The topological polar surface area (TPSA) is 43.8 Å². The van der Waals surface area contributed by atoms with Crippen molar-refractivity contribution in [1.82, 2.24) is 9.80 Å². The molecule has 180 valence electrons. The zero-order chi connectivity index (χ0) is 23.4. The molecule has 0 aromatic heterocycles. The Hall–Kier alpha value is -1.39. The molecule has 3 rings (SSSR count). The number of benzene rings is 1. The third kappa shape index (κ3) is 5.94. The zero-order valence-corrected chi connectivity index (χ0v) is 21.2. The lowest BCUT2D eigenvalue weighted by atomic mass is 9.62. The zero-order valence-electron chi connectivity index (χ0n) is 21.2. The monoisotopic (exact) mass is 442 g/mol. The van der Waals surface area contributed by atoms with Gasteiger partial charge in [0.1, 0.15) is 6.10 Å². The Labute approximate surface area is 196 Å². The van der Waals surface area contributed by atoms with Crippen LogP contribution in [0.25, 0.3) is 0 Å². The predicted octanol–water partition coefficient (Wildman–Crippen LogP) is 5.34. The van der Waals surface area contributed by atoms with Gasteiger partial charge < -0.3 is 14.9 Å². The van der Waals surface area contributed by atoms with Crippen LogP contribution < -0.4 is 0 Å². The molecule has 1 heterocycles. The van der Waals surface area contributed by atoms with Crippen LogP contribution in [-0.4, -0.2) is 59.6 Å². The second-order valence-corrected chi connectivity index (χ2v) is 11.4. The third-order valence-electron chi connectivity index (χ3n) is 7.92. The van der Waals surface area contributed by atoms with Crippen LogP contribution in [0.4, 0.5) is 0 Å². The van der Waals surface area contributed by atoms with Gasteiger partial charge in [0, 0.05) is 19.0 Å². The Morgan fingerprint density at radius 1 is 1.19 bits per heavy atom. The van der Waals surface area contributed by atoms with E-state index in [4.69, 9.17) is 0 Å². The number of piperidine rings is 1. The molecule has 32 heavy (non-hydrogen) atoms. The molecule has 0 saturated carbocycles. The van der Waals surface area contributed by atoms with E-state index in [1.165, 1.54) is 56.4 Å². The molecular weight excluding hydrogens is 396 g/mol. The lowest BCUT2D eigenvalue weighted by Crippen LogP contribution is -2.47. The van der Waals surface area contributed by atoms with E-state index in [1.54, 1.807) is 0 Å². The predicted molar refractivity (Wildman–Crippen MR) is 133 cm³/mol. The van der Waals surface area contributed by atoms with Crippen LogP contribution in [0, 0.1) is 5.41 Å². The first-order chi connectivity index (χ1) is 15.2. The molecule has 1 aromatic carbocycles. The van der Waals surface area contributed by atoms with E-state index in [0.29, 0.717) is 29.7 Å². The van der Waals surface area contributed by atoms with Crippen LogP contribution in [0.1, 0.15) is 96.6 Å². The molecular formula is C28H46N2O2. The Morgan fingerprint density at radius 2 is 1.88 bits per heavy atom. The summed E-state index contributed by atoms with van der Waals surface area (Å²) < 4.78 is 0. The number of carbonyl (C=O) groups excluding carboxylic acids is 1. The fourth-order valence-corrected chi connectivity index (χ4v) is 5.73. The first-order valence-corrected chi connectivity index (χ1v) is 13.0. The fourth-order valence-electron chi connectivity index (χ4n) is 5.73. The maximum Gasteiger partial charge on any atom is 0.251 e. The van der Waals surface area contributed by atoms with Gasteiger partial charge >= 0.3 is 0 Å². The summed E-state index contributed by atoms with van der Waals surface area (Å²) in [6.45, 7) is 16.0. The minimum absolute atomic E-state index is 0.0979. The standard InChI is InChI=1S/C28H46N2O2/c1-6-10-25(31)26(32)30(7-2)21-22-13-14-28(24-12-9-8-11-23(22)24)16-19-29(20-17-28)18-15-27(3,4)5/h8-9,11-12,22,25,31H,6-7,10,13-21H2,1-5H3. The van der Waals surface area contributed by atoms with E-state index < -0.39 is 6.10 Å². The molecule has 4 nitrogen and oxygen atoms in total. The van der Waals surface area contributed by atoms with Gasteiger partial charge in [-0.3, -0.25) is 4.79 Å². The minimum Gasteiger partial charge on any atom is -0.383 e. The van der Waals surface area contributed by atoms with Crippen LogP contribution in [0.3, 0.4) is 0 Å². The minimum atomic E-state index is -0.859. The summed E-state index contributed by atoms with van der Waals surface area (Å²) in [5, 5.41) is 10.3. The van der Waals surface area contributed by atoms with E-state index in [1.807, 2.05) is 18.7 Å². The number of likely N-dealkylation sites (N-methyl/N-ethyl adjacent to an activating group) is 1. The molecule has 0 bridgehead atoms. The highest BCUT2D eigenvalue weighted by atomic mass is 16.3. The Kier molecular flexibility index (Phi) is 8.43. The molecule has 1 saturated heterocycles. The van der Waals surface area contributed by atoms with E-state index in [2.05, 4.69) is 49.9 Å². The van der Waals surface area contributed by atoms with Crippen LogP contribution in [0.2, 0.25) is 0 Å². The Balaban J connectivity index is 1.71. The van der Waals surface area contributed by atoms with Gasteiger partial charge in [0.05, 0.1) is 0 Å². The molecule has 1 amide bonds. The molecule has 1 spiro atoms. The number of aliphatic hydroxyl groups is 1. The van der Waals surface area contributed by atoms with Crippen molar-refractivity contribution >= 4 is 5.91 Å². The number of rotatable bonds is 8. The second kappa shape index (κ2) is 10.7. The van der Waals surface area contributed by atoms with Crippen LogP contribution in [-0.2, 0) is 10.2 Å². The SMILES string of the molecule is CCCC(O)C(=O)N(CC)CC1CCC2(CCN(CCC(C)(C)C)CC2)c2ccccc21. The molecule has 1 fully saturated rings. The number of aliphatic hydroxyl groups excluding tert-OH is 1. The summed E-state index contributed by atoms with van der Waals surface area (Å²) in [4.78, 5) is 17.3. The van der Waals surface area contributed by atoms with Gasteiger partial charge in [0.25, 0.3) is 5.91 Å². The summed E-state index contributed by atoms with van der Waals surface area (Å²) in [5.41, 5.74) is 3.67. The third-order valence-corrected chi connectivity index (χ3v) is 7.92. The molecule has 1 N–H and O–H groups in total. The lowest BCUT2D eigenvalue weighted by Gasteiger charge is -2.48. The van der Waals surface area contributed by atoms with E-state index in [-0.39, 0.29) is 5.91 Å². The highest BCUT2D eigenvalue weighted by Gasteiger charge is 2.42. The average Bonchev–Trinajstić information content (AvgIpc) is 2.78. The van der Waals surface area contributed by atoms with Crippen molar-refractivity contribution in [2.45, 2.75) is 97.0 Å². The normalized spacial score (nSPS) is 21.9. The molecule has 1 aliphatic carbocycles. The van der Waals surface area contributed by atoms with Gasteiger partial charge in [-0.25, -0.2) is 0 Å². The maximum absolute atomic E-state index is 12.8. The first-order valence-electron chi connectivity index (χ1n) is 13.0. The van der Waals surface area contributed by atoms with Crippen molar-refractivity contribution in [2.75, 3.05) is 32.7 Å². The molecule has 4 heteroatoms. The molecule has 2 unspecified atom stereocenters. The molecule has 2 aliphatic rings. The number of hydrogen-bond acceptors (Lipinski definition) is 3. The van der Waals surface area contributed by atoms with Crippen molar-refractivity contribution in [3.05, 3.63) is 35.4 Å². The van der Waals surface area contributed by atoms with Crippen molar-refractivity contribution in [3.8, 4) is 0 Å². The molecule has 0 radical (unpaired) electrons. The largest absolute Gasteiger partial charge is 0.383 e. The Bertz CT molecular complexity index is 746. The van der Waals surface area contributed by atoms with Gasteiger partial charge in [-0.05, 0) is 87.0 Å². The van der Waals surface area contributed by atoms with Gasteiger partial charge in [-0.1, -0.05) is 58.4 Å². The van der Waals surface area contributed by atoms with Crippen LogP contribution in [0.5, 0.6) is 0 Å². The number of likely N-dealkylation sites (tertiary alicyclic amines) is 1.